The minimum atomic E-state index is -1.53. The average Bonchev–Trinajstić information content (AvgIpc) is 3.36. The number of nitrogens with two attached hydrogens (primary N) is 1. The first kappa shape index (κ1) is 28.5. The molecule has 1 saturated carbocycles. The van der Waals surface area contributed by atoms with Crippen molar-refractivity contribution in [2.45, 2.75) is 63.2 Å². The van der Waals surface area contributed by atoms with Crippen LogP contribution in [0, 0.1) is 18.7 Å². The molecule has 8 heteroatoms. The number of aliphatic hydroxyl groups is 1. The van der Waals surface area contributed by atoms with E-state index in [2.05, 4.69) is 0 Å². The minimum Gasteiger partial charge on any atom is -0.497 e. The van der Waals surface area contributed by atoms with E-state index in [0.717, 1.165) is 24.8 Å². The van der Waals surface area contributed by atoms with Crippen LogP contribution in [0.25, 0.3) is 11.1 Å². The third-order valence-electron chi connectivity index (χ3n) is 7.94. The molecule has 1 heterocycles. The zero-order valence-electron chi connectivity index (χ0n) is 22.7. The highest BCUT2D eigenvalue weighted by Gasteiger charge is 2.45. The van der Waals surface area contributed by atoms with Crippen molar-refractivity contribution in [2.24, 2.45) is 11.7 Å². The van der Waals surface area contributed by atoms with Gasteiger partial charge in [-0.3, -0.25) is 4.79 Å². The zero-order valence-corrected chi connectivity index (χ0v) is 22.7. The van der Waals surface area contributed by atoms with Crippen LogP contribution in [0.3, 0.4) is 0 Å². The van der Waals surface area contributed by atoms with E-state index in [0.29, 0.717) is 61.5 Å². The number of nitrogens with zero attached hydrogens (tertiary/aromatic N) is 1. The van der Waals surface area contributed by atoms with Crippen molar-refractivity contribution < 1.29 is 28.5 Å². The molecule has 1 aliphatic heterocycles. The number of halogens is 1. The summed E-state index contributed by atoms with van der Waals surface area (Å²) in [7, 11) is 3.22. The maximum Gasteiger partial charge on any atom is 0.225 e. The number of hydrogen-bond acceptors (Lipinski definition) is 6. The number of rotatable bonds is 10. The molecule has 208 valence electrons. The first-order valence-corrected chi connectivity index (χ1v) is 13.6. The number of carbonyl (C=O) groups is 1. The van der Waals surface area contributed by atoms with Crippen LogP contribution < -0.4 is 10.5 Å². The summed E-state index contributed by atoms with van der Waals surface area (Å²) in [6.07, 6.45) is 3.30. The van der Waals surface area contributed by atoms with Crippen molar-refractivity contribution in [3.8, 4) is 16.9 Å². The standard InChI is InChI=1S/C30H41FN2O5/c1-20-15-22(18-24(16-20)37-3)28-25(7-6-8-26(28)31)30(35,11-4-5-13-36-2)27-19-33(12-14-38-27)29(34)21-9-10-23(32)17-21/h6-8,15-16,18,21,23,27,35H,4-5,9-14,17,19,32H2,1-3H3/t21-,23+,27-,30+/m1/s1. The Morgan fingerprint density at radius 1 is 1.24 bits per heavy atom. The van der Waals surface area contributed by atoms with Crippen LogP contribution in [0.4, 0.5) is 4.39 Å². The Balaban J connectivity index is 1.72. The van der Waals surface area contributed by atoms with Crippen molar-refractivity contribution in [1.29, 1.82) is 0 Å². The molecule has 4 rings (SSSR count). The summed E-state index contributed by atoms with van der Waals surface area (Å²) in [5.74, 6) is 0.145. The summed E-state index contributed by atoms with van der Waals surface area (Å²) >= 11 is 0. The highest BCUT2D eigenvalue weighted by molar-refractivity contribution is 5.79. The number of unbranched alkanes of at least 4 members (excludes halogenated alkanes) is 1. The fourth-order valence-corrected chi connectivity index (χ4v) is 5.94. The van der Waals surface area contributed by atoms with Gasteiger partial charge in [0.05, 0.1) is 20.3 Å². The first-order valence-electron chi connectivity index (χ1n) is 13.6. The van der Waals surface area contributed by atoms with Crippen LogP contribution >= 0.6 is 0 Å². The van der Waals surface area contributed by atoms with Crippen molar-refractivity contribution >= 4 is 5.91 Å². The van der Waals surface area contributed by atoms with Gasteiger partial charge in [-0.25, -0.2) is 4.39 Å². The SMILES string of the molecule is COCCCC[C@](O)(c1cccc(F)c1-c1cc(C)cc(OC)c1)[C@H]1CN(C(=O)[C@@H]2CC[C@H](N)C2)CCO1. The number of aryl methyl sites for hydroxylation is 1. The Morgan fingerprint density at radius 3 is 2.76 bits per heavy atom. The molecule has 2 aliphatic rings. The lowest BCUT2D eigenvalue weighted by Gasteiger charge is -2.43. The van der Waals surface area contributed by atoms with Crippen LogP contribution in [-0.4, -0.2) is 68.6 Å². The Hall–Kier alpha value is -2.52. The molecule has 1 aliphatic carbocycles. The summed E-state index contributed by atoms with van der Waals surface area (Å²) in [6.45, 7) is 3.48. The van der Waals surface area contributed by atoms with E-state index in [1.807, 2.05) is 19.1 Å². The molecule has 0 radical (unpaired) electrons. The highest BCUT2D eigenvalue weighted by atomic mass is 19.1. The van der Waals surface area contributed by atoms with Gasteiger partial charge in [-0.2, -0.15) is 0 Å². The van der Waals surface area contributed by atoms with Crippen LogP contribution in [0.5, 0.6) is 5.75 Å². The van der Waals surface area contributed by atoms with Crippen molar-refractivity contribution in [2.75, 3.05) is 40.5 Å². The zero-order chi connectivity index (χ0) is 27.3. The molecule has 38 heavy (non-hydrogen) atoms. The van der Waals surface area contributed by atoms with E-state index in [9.17, 15) is 9.90 Å². The van der Waals surface area contributed by atoms with Gasteiger partial charge >= 0.3 is 0 Å². The van der Waals surface area contributed by atoms with E-state index in [1.54, 1.807) is 37.3 Å². The second kappa shape index (κ2) is 12.6. The van der Waals surface area contributed by atoms with Gasteiger partial charge < -0.3 is 30.0 Å². The number of hydrogen-bond donors (Lipinski definition) is 2. The molecule has 2 aromatic rings. The molecule has 2 fully saturated rings. The van der Waals surface area contributed by atoms with Crippen LogP contribution in [0.1, 0.15) is 49.7 Å². The molecule has 1 saturated heterocycles. The van der Waals surface area contributed by atoms with Gasteiger partial charge in [0.1, 0.15) is 23.3 Å². The third-order valence-corrected chi connectivity index (χ3v) is 7.94. The first-order chi connectivity index (χ1) is 18.3. The van der Waals surface area contributed by atoms with Gasteiger partial charge in [0, 0.05) is 37.8 Å². The predicted octanol–water partition coefficient (Wildman–Crippen LogP) is 4.17. The number of morpholine rings is 1. The van der Waals surface area contributed by atoms with Gasteiger partial charge in [0.25, 0.3) is 0 Å². The molecule has 1 amide bonds. The monoisotopic (exact) mass is 528 g/mol. The van der Waals surface area contributed by atoms with Crippen LogP contribution in [0.2, 0.25) is 0 Å². The summed E-state index contributed by atoms with van der Waals surface area (Å²) in [6, 6.07) is 10.4. The minimum absolute atomic E-state index is 0.0553. The Morgan fingerprint density at radius 2 is 2.05 bits per heavy atom. The fourth-order valence-electron chi connectivity index (χ4n) is 5.94. The average molecular weight is 529 g/mol. The maximum absolute atomic E-state index is 15.6. The van der Waals surface area contributed by atoms with E-state index in [4.69, 9.17) is 19.9 Å². The molecule has 0 spiro atoms. The highest BCUT2D eigenvalue weighted by Crippen LogP contribution is 2.42. The third kappa shape index (κ3) is 6.20. The van der Waals surface area contributed by atoms with Gasteiger partial charge in [0.15, 0.2) is 0 Å². The topological polar surface area (TPSA) is 94.2 Å². The van der Waals surface area contributed by atoms with Crippen LogP contribution in [-0.2, 0) is 19.9 Å². The Kier molecular flexibility index (Phi) is 9.41. The summed E-state index contributed by atoms with van der Waals surface area (Å²) < 4.78 is 32.4. The smallest absolute Gasteiger partial charge is 0.225 e. The Labute approximate surface area is 225 Å². The van der Waals surface area contributed by atoms with Crippen molar-refractivity contribution in [3.05, 3.63) is 53.3 Å². The van der Waals surface area contributed by atoms with Crippen LogP contribution in [0.15, 0.2) is 36.4 Å². The quantitative estimate of drug-likeness (QED) is 0.450. The van der Waals surface area contributed by atoms with Gasteiger partial charge in [-0.1, -0.05) is 18.2 Å². The molecule has 7 nitrogen and oxygen atoms in total. The normalized spacial score (nSPS) is 23.3. The Bertz CT molecular complexity index is 1110. The lowest BCUT2D eigenvalue weighted by molar-refractivity contribution is -0.167. The number of methoxy groups -OCH3 is 2. The number of carbonyl (C=O) groups excluding carboxylic acids is 1. The maximum atomic E-state index is 15.6. The van der Waals surface area contributed by atoms with E-state index in [-0.39, 0.29) is 24.4 Å². The summed E-state index contributed by atoms with van der Waals surface area (Å²) in [5.41, 5.74) is 6.84. The largest absolute Gasteiger partial charge is 0.497 e. The van der Waals surface area contributed by atoms with E-state index < -0.39 is 17.5 Å². The molecular formula is C30H41FN2O5. The molecular weight excluding hydrogens is 487 g/mol. The van der Waals surface area contributed by atoms with Gasteiger partial charge in [0.2, 0.25) is 5.91 Å². The second-order valence-electron chi connectivity index (χ2n) is 10.7. The molecule has 4 atom stereocenters. The number of benzene rings is 2. The lowest BCUT2D eigenvalue weighted by atomic mass is 9.78. The van der Waals surface area contributed by atoms with Crippen molar-refractivity contribution in [1.82, 2.24) is 4.90 Å². The van der Waals surface area contributed by atoms with Gasteiger partial charge in [-0.05, 0) is 80.3 Å². The summed E-state index contributed by atoms with van der Waals surface area (Å²) in [4.78, 5) is 15.1. The predicted molar refractivity (Wildman–Crippen MR) is 144 cm³/mol. The fraction of sp³-hybridized carbons (Fsp3) is 0.567. The lowest BCUT2D eigenvalue weighted by Crippen LogP contribution is -2.55. The molecule has 3 N–H and O–H groups in total. The molecule has 2 aromatic carbocycles. The molecule has 0 aromatic heterocycles. The number of amides is 1. The molecule has 0 unspecified atom stereocenters. The number of ether oxygens (including phenoxy) is 3. The van der Waals surface area contributed by atoms with E-state index in [1.165, 1.54) is 6.07 Å². The summed E-state index contributed by atoms with van der Waals surface area (Å²) in [5, 5.41) is 12.5. The van der Waals surface area contributed by atoms with Gasteiger partial charge in [-0.15, -0.1) is 0 Å². The van der Waals surface area contributed by atoms with Crippen molar-refractivity contribution in [3.63, 3.8) is 0 Å². The molecule has 0 bridgehead atoms. The van der Waals surface area contributed by atoms with E-state index >= 15 is 4.39 Å². The second-order valence-corrected chi connectivity index (χ2v) is 10.7.